The number of carbonyl (C=O) groups is 2. The smallest absolute Gasteiger partial charge is 0.336 e. The molecule has 0 spiro atoms. The van der Waals surface area contributed by atoms with Gasteiger partial charge in [0.2, 0.25) is 0 Å². The molecule has 0 unspecified atom stereocenters. The van der Waals surface area contributed by atoms with Crippen molar-refractivity contribution in [3.63, 3.8) is 0 Å². The molecule has 6 nitrogen and oxygen atoms in total. The van der Waals surface area contributed by atoms with Crippen LogP contribution in [0.2, 0.25) is 0 Å². The molecule has 0 radical (unpaired) electrons. The summed E-state index contributed by atoms with van der Waals surface area (Å²) >= 11 is 0. The number of anilines is 1. The van der Waals surface area contributed by atoms with E-state index in [4.69, 9.17) is 0 Å². The van der Waals surface area contributed by atoms with Gasteiger partial charge in [-0.1, -0.05) is 6.07 Å². The predicted octanol–water partition coefficient (Wildman–Crippen LogP) is 1.70. The van der Waals surface area contributed by atoms with E-state index in [0.717, 1.165) is 12.0 Å². The summed E-state index contributed by atoms with van der Waals surface area (Å²) in [4.78, 5) is 25.3. The normalized spacial score (nSPS) is 13.9. The van der Waals surface area contributed by atoms with Gasteiger partial charge in [0.15, 0.2) is 0 Å². The van der Waals surface area contributed by atoms with Crippen molar-refractivity contribution < 1.29 is 14.7 Å². The van der Waals surface area contributed by atoms with Crippen LogP contribution in [0.25, 0.3) is 0 Å². The van der Waals surface area contributed by atoms with Crippen LogP contribution in [0, 0.1) is 0 Å². The minimum Gasteiger partial charge on any atom is -0.478 e. The van der Waals surface area contributed by atoms with Gasteiger partial charge in [-0.15, -0.1) is 0 Å². The molecule has 3 rings (SSSR count). The lowest BCUT2D eigenvalue weighted by Gasteiger charge is -2.29. The molecule has 2 heterocycles. The number of H-pyrrole nitrogens is 1. The summed E-state index contributed by atoms with van der Waals surface area (Å²) in [5.41, 5.74) is 2.07. The zero-order chi connectivity index (χ0) is 14.1. The van der Waals surface area contributed by atoms with Crippen molar-refractivity contribution in [3.8, 4) is 0 Å². The average Bonchev–Trinajstić information content (AvgIpc) is 2.99. The maximum atomic E-state index is 12.4. The quantitative estimate of drug-likeness (QED) is 0.870. The van der Waals surface area contributed by atoms with E-state index >= 15 is 0 Å². The van der Waals surface area contributed by atoms with Gasteiger partial charge in [0.05, 0.1) is 5.56 Å². The Kier molecular flexibility index (Phi) is 2.98. The van der Waals surface area contributed by atoms with Crippen molar-refractivity contribution in [1.29, 1.82) is 0 Å². The second-order valence-electron chi connectivity index (χ2n) is 4.64. The number of amides is 1. The third-order valence-electron chi connectivity index (χ3n) is 3.46. The number of aromatic carboxylic acids is 1. The first-order valence-electron chi connectivity index (χ1n) is 6.35. The SMILES string of the molecule is O=C(O)c1cccc2c1CCCN2C(=O)c1ccn[nH]1. The second-order valence-corrected chi connectivity index (χ2v) is 4.64. The molecule has 0 aliphatic carbocycles. The van der Waals surface area contributed by atoms with Crippen molar-refractivity contribution in [2.45, 2.75) is 12.8 Å². The van der Waals surface area contributed by atoms with Crippen molar-refractivity contribution >= 4 is 17.6 Å². The van der Waals surface area contributed by atoms with Gasteiger partial charge in [0.25, 0.3) is 5.91 Å². The van der Waals surface area contributed by atoms with Crippen molar-refractivity contribution in [2.24, 2.45) is 0 Å². The number of aromatic amines is 1. The fourth-order valence-corrected chi connectivity index (χ4v) is 2.56. The van der Waals surface area contributed by atoms with Crippen LogP contribution in [0.3, 0.4) is 0 Å². The van der Waals surface area contributed by atoms with E-state index in [1.165, 1.54) is 6.20 Å². The molecule has 0 fully saturated rings. The highest BCUT2D eigenvalue weighted by Crippen LogP contribution is 2.30. The Hall–Kier alpha value is -2.63. The first-order valence-corrected chi connectivity index (χ1v) is 6.35. The number of carboxylic acid groups (broad SMARTS) is 1. The summed E-state index contributed by atoms with van der Waals surface area (Å²) in [7, 11) is 0. The Labute approximate surface area is 115 Å². The highest BCUT2D eigenvalue weighted by Gasteiger charge is 2.27. The Morgan fingerprint density at radius 1 is 1.30 bits per heavy atom. The Bertz CT molecular complexity index is 664. The Morgan fingerprint density at radius 2 is 2.15 bits per heavy atom. The van der Waals surface area contributed by atoms with Gasteiger partial charge < -0.3 is 10.0 Å². The largest absolute Gasteiger partial charge is 0.478 e. The van der Waals surface area contributed by atoms with E-state index in [9.17, 15) is 14.7 Å². The Balaban J connectivity index is 2.05. The number of carboxylic acids is 1. The minimum atomic E-state index is -0.960. The molecule has 1 aliphatic heterocycles. The average molecular weight is 271 g/mol. The van der Waals surface area contributed by atoms with E-state index < -0.39 is 5.97 Å². The molecular weight excluding hydrogens is 258 g/mol. The van der Waals surface area contributed by atoms with Crippen LogP contribution >= 0.6 is 0 Å². The topological polar surface area (TPSA) is 86.3 Å². The van der Waals surface area contributed by atoms with Crippen LogP contribution in [0.4, 0.5) is 5.69 Å². The molecule has 20 heavy (non-hydrogen) atoms. The molecule has 1 aliphatic rings. The molecule has 0 atom stereocenters. The summed E-state index contributed by atoms with van der Waals surface area (Å²) < 4.78 is 0. The number of hydrogen-bond donors (Lipinski definition) is 2. The zero-order valence-electron chi connectivity index (χ0n) is 10.7. The highest BCUT2D eigenvalue weighted by molar-refractivity contribution is 6.06. The standard InChI is InChI=1S/C14H13N3O3/c18-13(11-6-7-15-16-11)17-8-2-4-9-10(14(19)20)3-1-5-12(9)17/h1,3,5-7H,2,4,8H2,(H,15,16)(H,19,20). The second kappa shape index (κ2) is 4.80. The van der Waals surface area contributed by atoms with Gasteiger partial charge in [0.1, 0.15) is 5.69 Å². The molecule has 0 bridgehead atoms. The summed E-state index contributed by atoms with van der Waals surface area (Å²) in [6.45, 7) is 0.577. The summed E-state index contributed by atoms with van der Waals surface area (Å²) in [6.07, 6.45) is 2.94. The van der Waals surface area contributed by atoms with Gasteiger partial charge >= 0.3 is 5.97 Å². The lowest BCUT2D eigenvalue weighted by molar-refractivity contribution is 0.0695. The number of hydrogen-bond acceptors (Lipinski definition) is 3. The van der Waals surface area contributed by atoms with E-state index in [-0.39, 0.29) is 11.5 Å². The summed E-state index contributed by atoms with van der Waals surface area (Å²) in [5.74, 6) is -1.15. The van der Waals surface area contributed by atoms with Gasteiger partial charge in [-0.2, -0.15) is 5.10 Å². The van der Waals surface area contributed by atoms with E-state index in [1.807, 2.05) is 0 Å². The zero-order valence-corrected chi connectivity index (χ0v) is 10.7. The monoisotopic (exact) mass is 271 g/mol. The lowest BCUT2D eigenvalue weighted by Crippen LogP contribution is -2.36. The summed E-state index contributed by atoms with van der Waals surface area (Å²) in [5, 5.41) is 15.6. The fourth-order valence-electron chi connectivity index (χ4n) is 2.56. The molecular formula is C14H13N3O3. The number of carbonyl (C=O) groups excluding carboxylic acids is 1. The number of benzene rings is 1. The van der Waals surface area contributed by atoms with Gasteiger partial charge in [-0.25, -0.2) is 4.79 Å². The number of rotatable bonds is 2. The molecule has 0 saturated heterocycles. The first-order chi connectivity index (χ1) is 9.68. The molecule has 2 aromatic rings. The third-order valence-corrected chi connectivity index (χ3v) is 3.46. The van der Waals surface area contributed by atoms with Crippen molar-refractivity contribution in [2.75, 3.05) is 11.4 Å². The lowest BCUT2D eigenvalue weighted by atomic mass is 9.96. The van der Waals surface area contributed by atoms with Crippen LogP contribution in [0.15, 0.2) is 30.5 Å². The van der Waals surface area contributed by atoms with Crippen LogP contribution in [0.1, 0.15) is 32.8 Å². The van der Waals surface area contributed by atoms with Crippen LogP contribution in [-0.4, -0.2) is 33.7 Å². The van der Waals surface area contributed by atoms with Gasteiger partial charge in [-0.3, -0.25) is 9.89 Å². The van der Waals surface area contributed by atoms with E-state index in [1.54, 1.807) is 29.2 Å². The predicted molar refractivity (Wildman–Crippen MR) is 72.0 cm³/mol. The molecule has 1 amide bonds. The maximum absolute atomic E-state index is 12.4. The molecule has 0 saturated carbocycles. The van der Waals surface area contributed by atoms with Crippen molar-refractivity contribution in [3.05, 3.63) is 47.3 Å². The fraction of sp³-hybridized carbons (Fsp3) is 0.214. The minimum absolute atomic E-state index is 0.189. The molecule has 1 aromatic carbocycles. The van der Waals surface area contributed by atoms with Gasteiger partial charge in [-0.05, 0) is 36.6 Å². The van der Waals surface area contributed by atoms with Gasteiger partial charge in [0, 0.05) is 18.4 Å². The highest BCUT2D eigenvalue weighted by atomic mass is 16.4. The number of nitrogens with zero attached hydrogens (tertiary/aromatic N) is 2. The maximum Gasteiger partial charge on any atom is 0.336 e. The molecule has 102 valence electrons. The van der Waals surface area contributed by atoms with E-state index in [2.05, 4.69) is 10.2 Å². The molecule has 2 N–H and O–H groups in total. The first kappa shape index (κ1) is 12.4. The Morgan fingerprint density at radius 3 is 2.85 bits per heavy atom. The number of aromatic nitrogens is 2. The number of fused-ring (bicyclic) bond motifs is 1. The van der Waals surface area contributed by atoms with E-state index in [0.29, 0.717) is 24.3 Å². The molecule has 6 heteroatoms. The van der Waals surface area contributed by atoms with Crippen LogP contribution in [0.5, 0.6) is 0 Å². The third kappa shape index (κ3) is 1.95. The van der Waals surface area contributed by atoms with Crippen molar-refractivity contribution in [1.82, 2.24) is 10.2 Å². The summed E-state index contributed by atoms with van der Waals surface area (Å²) in [6, 6.07) is 6.64. The van der Waals surface area contributed by atoms with Crippen LogP contribution < -0.4 is 4.90 Å². The van der Waals surface area contributed by atoms with Crippen LogP contribution in [-0.2, 0) is 6.42 Å². The number of nitrogens with one attached hydrogen (secondary N) is 1. The molecule has 1 aromatic heterocycles.